The Hall–Kier alpha value is -1.43. The summed E-state index contributed by atoms with van der Waals surface area (Å²) >= 11 is 3.22. The van der Waals surface area contributed by atoms with Gasteiger partial charge in [-0.2, -0.15) is 4.98 Å². The summed E-state index contributed by atoms with van der Waals surface area (Å²) in [6.07, 6.45) is -0.391. The molecule has 17 heavy (non-hydrogen) atoms. The van der Waals surface area contributed by atoms with Crippen molar-refractivity contribution in [3.05, 3.63) is 40.2 Å². The van der Waals surface area contributed by atoms with Crippen LogP contribution in [0.25, 0.3) is 0 Å². The summed E-state index contributed by atoms with van der Waals surface area (Å²) in [6, 6.07) is 4.20. The van der Waals surface area contributed by atoms with E-state index in [9.17, 15) is 4.39 Å². The number of rotatable bonds is 3. The van der Waals surface area contributed by atoms with Gasteiger partial charge in [0.25, 0.3) is 5.89 Å². The number of halogens is 2. The van der Waals surface area contributed by atoms with E-state index < -0.39 is 6.10 Å². The van der Waals surface area contributed by atoms with Crippen molar-refractivity contribution in [1.29, 1.82) is 0 Å². The lowest BCUT2D eigenvalue weighted by Gasteiger charge is -2.12. The number of benzene rings is 1. The molecule has 4 nitrogen and oxygen atoms in total. The quantitative estimate of drug-likeness (QED) is 0.871. The van der Waals surface area contributed by atoms with Crippen LogP contribution in [-0.4, -0.2) is 10.1 Å². The number of hydrogen-bond donors (Lipinski definition) is 0. The van der Waals surface area contributed by atoms with Gasteiger partial charge in [-0.1, -0.05) is 5.16 Å². The highest BCUT2D eigenvalue weighted by Gasteiger charge is 2.16. The Morgan fingerprint density at radius 1 is 1.47 bits per heavy atom. The Labute approximate surface area is 106 Å². The van der Waals surface area contributed by atoms with E-state index in [1.165, 1.54) is 12.1 Å². The molecule has 0 aliphatic rings. The fourth-order valence-corrected chi connectivity index (χ4v) is 1.73. The lowest BCUT2D eigenvalue weighted by Crippen LogP contribution is -2.04. The Kier molecular flexibility index (Phi) is 3.42. The van der Waals surface area contributed by atoms with E-state index in [0.29, 0.717) is 21.9 Å². The molecule has 0 aliphatic heterocycles. The summed E-state index contributed by atoms with van der Waals surface area (Å²) in [6.45, 7) is 3.51. The molecule has 1 heterocycles. The van der Waals surface area contributed by atoms with E-state index in [-0.39, 0.29) is 5.82 Å². The summed E-state index contributed by atoms with van der Waals surface area (Å²) in [5.74, 6) is 1.13. The first-order valence-corrected chi connectivity index (χ1v) is 5.77. The molecule has 0 saturated heterocycles. The third kappa shape index (κ3) is 2.82. The van der Waals surface area contributed by atoms with Crippen LogP contribution < -0.4 is 4.74 Å². The van der Waals surface area contributed by atoms with Crippen LogP contribution in [-0.2, 0) is 0 Å². The smallest absolute Gasteiger partial charge is 0.267 e. The lowest BCUT2D eigenvalue weighted by atomic mass is 10.3. The van der Waals surface area contributed by atoms with Crippen molar-refractivity contribution >= 4 is 15.9 Å². The normalized spacial score (nSPS) is 12.5. The maximum Gasteiger partial charge on any atom is 0.267 e. The molecular formula is C11H10BrFN2O2. The van der Waals surface area contributed by atoms with Gasteiger partial charge in [-0.05, 0) is 48.0 Å². The first kappa shape index (κ1) is 12.0. The van der Waals surface area contributed by atoms with E-state index in [2.05, 4.69) is 26.1 Å². The van der Waals surface area contributed by atoms with Crippen molar-refractivity contribution < 1.29 is 13.7 Å². The standard InChI is InChI=1S/C11H10BrFN2O2/c1-6(11-14-7(2)15-17-11)16-10-4-3-8(13)5-9(10)12/h3-6H,1-2H3. The topological polar surface area (TPSA) is 48.2 Å². The number of aromatic nitrogens is 2. The van der Waals surface area contributed by atoms with Gasteiger partial charge in [0.05, 0.1) is 4.47 Å². The van der Waals surface area contributed by atoms with Crippen LogP contribution in [0, 0.1) is 12.7 Å². The van der Waals surface area contributed by atoms with Crippen LogP contribution in [0.15, 0.2) is 27.2 Å². The zero-order valence-corrected chi connectivity index (χ0v) is 10.9. The third-order valence-electron chi connectivity index (χ3n) is 2.09. The number of nitrogens with zero attached hydrogens (tertiary/aromatic N) is 2. The molecule has 2 aromatic rings. The molecule has 0 spiro atoms. The molecule has 0 N–H and O–H groups in total. The lowest BCUT2D eigenvalue weighted by molar-refractivity contribution is 0.174. The average Bonchev–Trinajstić information content (AvgIpc) is 2.69. The third-order valence-corrected chi connectivity index (χ3v) is 2.71. The molecule has 1 atom stereocenters. The van der Waals surface area contributed by atoms with Gasteiger partial charge in [-0.3, -0.25) is 0 Å². The van der Waals surface area contributed by atoms with Gasteiger partial charge in [0, 0.05) is 0 Å². The molecule has 0 aliphatic carbocycles. The molecule has 0 saturated carbocycles. The maximum absolute atomic E-state index is 12.9. The second-order valence-corrected chi connectivity index (χ2v) is 4.37. The van der Waals surface area contributed by atoms with Crippen molar-refractivity contribution in [2.75, 3.05) is 0 Å². The molecule has 1 aromatic heterocycles. The van der Waals surface area contributed by atoms with Gasteiger partial charge in [-0.25, -0.2) is 4.39 Å². The van der Waals surface area contributed by atoms with Crippen LogP contribution in [0.1, 0.15) is 24.7 Å². The molecule has 90 valence electrons. The minimum atomic E-state index is -0.391. The molecule has 0 bridgehead atoms. The second kappa shape index (κ2) is 4.83. The monoisotopic (exact) mass is 300 g/mol. The van der Waals surface area contributed by atoms with Crippen LogP contribution >= 0.6 is 15.9 Å². The van der Waals surface area contributed by atoms with Crippen molar-refractivity contribution in [3.63, 3.8) is 0 Å². The number of hydrogen-bond acceptors (Lipinski definition) is 4. The van der Waals surface area contributed by atoms with Crippen molar-refractivity contribution in [2.45, 2.75) is 20.0 Å². The predicted octanol–water partition coefficient (Wildman–Crippen LogP) is 3.42. The molecular weight excluding hydrogens is 291 g/mol. The molecule has 0 radical (unpaired) electrons. The average molecular weight is 301 g/mol. The van der Waals surface area contributed by atoms with E-state index in [4.69, 9.17) is 9.26 Å². The van der Waals surface area contributed by atoms with Gasteiger partial charge in [0.15, 0.2) is 11.9 Å². The van der Waals surface area contributed by atoms with Crippen molar-refractivity contribution in [2.24, 2.45) is 0 Å². The van der Waals surface area contributed by atoms with E-state index in [0.717, 1.165) is 0 Å². The van der Waals surface area contributed by atoms with Crippen LogP contribution in [0.4, 0.5) is 4.39 Å². The van der Waals surface area contributed by atoms with Crippen LogP contribution in [0.3, 0.4) is 0 Å². The first-order valence-electron chi connectivity index (χ1n) is 4.98. The highest BCUT2D eigenvalue weighted by molar-refractivity contribution is 9.10. The zero-order valence-electron chi connectivity index (χ0n) is 9.28. The molecule has 1 unspecified atom stereocenters. The van der Waals surface area contributed by atoms with Gasteiger partial charge in [-0.15, -0.1) is 0 Å². The van der Waals surface area contributed by atoms with E-state index in [1.807, 2.05) is 0 Å². The fourth-order valence-electron chi connectivity index (χ4n) is 1.29. The van der Waals surface area contributed by atoms with Gasteiger partial charge in [0.1, 0.15) is 11.6 Å². The largest absolute Gasteiger partial charge is 0.480 e. The fraction of sp³-hybridized carbons (Fsp3) is 0.273. The summed E-state index contributed by atoms with van der Waals surface area (Å²) in [5.41, 5.74) is 0. The highest BCUT2D eigenvalue weighted by atomic mass is 79.9. The zero-order chi connectivity index (χ0) is 12.4. The Morgan fingerprint density at radius 2 is 2.24 bits per heavy atom. The molecule has 0 fully saturated rings. The SMILES string of the molecule is Cc1noc(C(C)Oc2ccc(F)cc2Br)n1. The van der Waals surface area contributed by atoms with Gasteiger partial charge in [0.2, 0.25) is 0 Å². The molecule has 0 amide bonds. The van der Waals surface area contributed by atoms with Gasteiger partial charge < -0.3 is 9.26 Å². The Morgan fingerprint density at radius 3 is 2.82 bits per heavy atom. The maximum atomic E-state index is 12.9. The van der Waals surface area contributed by atoms with E-state index >= 15 is 0 Å². The molecule has 2 rings (SSSR count). The number of aryl methyl sites for hydroxylation is 1. The summed E-state index contributed by atoms with van der Waals surface area (Å²) in [5, 5.41) is 3.68. The second-order valence-electron chi connectivity index (χ2n) is 3.51. The minimum absolute atomic E-state index is 0.328. The van der Waals surface area contributed by atoms with E-state index in [1.54, 1.807) is 19.9 Å². The first-order chi connectivity index (χ1) is 8.06. The minimum Gasteiger partial charge on any atom is -0.480 e. The molecule has 1 aromatic carbocycles. The van der Waals surface area contributed by atoms with Crippen molar-refractivity contribution in [3.8, 4) is 5.75 Å². The Bertz CT molecular complexity index is 530. The summed E-state index contributed by atoms with van der Waals surface area (Å²) < 4.78 is 24.0. The number of ether oxygens (including phenoxy) is 1. The summed E-state index contributed by atoms with van der Waals surface area (Å²) in [7, 11) is 0. The van der Waals surface area contributed by atoms with Crippen LogP contribution in [0.5, 0.6) is 5.75 Å². The highest BCUT2D eigenvalue weighted by Crippen LogP contribution is 2.29. The predicted molar refractivity (Wildman–Crippen MR) is 62.2 cm³/mol. The van der Waals surface area contributed by atoms with Crippen molar-refractivity contribution in [1.82, 2.24) is 10.1 Å². The molecule has 6 heteroatoms. The van der Waals surface area contributed by atoms with Crippen LogP contribution in [0.2, 0.25) is 0 Å². The van der Waals surface area contributed by atoms with Gasteiger partial charge >= 0.3 is 0 Å². The summed E-state index contributed by atoms with van der Waals surface area (Å²) in [4.78, 5) is 4.06. The Balaban J connectivity index is 2.15.